The molecule has 1 aliphatic heterocycles. The van der Waals surface area contributed by atoms with E-state index in [0.717, 1.165) is 24.8 Å². The van der Waals surface area contributed by atoms with Crippen molar-refractivity contribution < 1.29 is 14.0 Å². The van der Waals surface area contributed by atoms with Gasteiger partial charge in [0.25, 0.3) is 11.8 Å². The van der Waals surface area contributed by atoms with E-state index in [1.165, 1.54) is 23.8 Å². The van der Waals surface area contributed by atoms with Gasteiger partial charge < -0.3 is 10.2 Å². The molecule has 0 spiro atoms. The molecule has 0 radical (unpaired) electrons. The molecular formula is C28H31FN4O2. The smallest absolute Gasteiger partial charge is 0.258 e. The molecule has 182 valence electrons. The predicted octanol–water partition coefficient (Wildman–Crippen LogP) is 4.85. The Morgan fingerprint density at radius 2 is 1.77 bits per heavy atom. The molecule has 2 unspecified atom stereocenters. The maximum atomic E-state index is 14.0. The van der Waals surface area contributed by atoms with Crippen LogP contribution in [0.5, 0.6) is 0 Å². The second kappa shape index (κ2) is 11.3. The van der Waals surface area contributed by atoms with Gasteiger partial charge in [0.15, 0.2) is 0 Å². The molecule has 0 aliphatic carbocycles. The van der Waals surface area contributed by atoms with Gasteiger partial charge in [-0.25, -0.2) is 4.39 Å². The minimum atomic E-state index is -0.586. The minimum absolute atomic E-state index is 0.0368. The zero-order valence-electron chi connectivity index (χ0n) is 20.1. The zero-order valence-corrected chi connectivity index (χ0v) is 20.1. The van der Waals surface area contributed by atoms with Gasteiger partial charge in [-0.05, 0) is 61.6 Å². The Morgan fingerprint density at radius 3 is 2.54 bits per heavy atom. The highest BCUT2D eigenvalue weighted by Gasteiger charge is 2.24. The fraction of sp³-hybridized carbons (Fsp3) is 0.286. The van der Waals surface area contributed by atoms with E-state index in [9.17, 15) is 14.0 Å². The van der Waals surface area contributed by atoms with Crippen molar-refractivity contribution in [1.82, 2.24) is 15.8 Å². The number of carbonyl (C=O) groups is 2. The first-order chi connectivity index (χ1) is 16.9. The van der Waals surface area contributed by atoms with Gasteiger partial charge in [-0.1, -0.05) is 48.5 Å². The number of hydrogen-bond acceptors (Lipinski definition) is 4. The van der Waals surface area contributed by atoms with E-state index >= 15 is 0 Å². The molecular weight excluding hydrogens is 443 g/mol. The molecule has 3 aromatic carbocycles. The summed E-state index contributed by atoms with van der Waals surface area (Å²) in [6.07, 6.45) is 2.82. The van der Waals surface area contributed by atoms with Crippen molar-refractivity contribution >= 4 is 17.5 Å². The summed E-state index contributed by atoms with van der Waals surface area (Å²) in [5, 5.41) is 2.73. The van der Waals surface area contributed by atoms with Crippen molar-refractivity contribution in [3.63, 3.8) is 0 Å². The van der Waals surface area contributed by atoms with Crippen LogP contribution in [0.1, 0.15) is 57.1 Å². The lowest BCUT2D eigenvalue weighted by molar-refractivity contribution is 0.0791. The number of benzene rings is 3. The Hall–Kier alpha value is -3.55. The lowest BCUT2D eigenvalue weighted by atomic mass is 10.00. The summed E-state index contributed by atoms with van der Waals surface area (Å²) in [5.74, 6) is -1.25. The van der Waals surface area contributed by atoms with Crippen LogP contribution in [0.3, 0.4) is 0 Å². The highest BCUT2D eigenvalue weighted by molar-refractivity contribution is 6.05. The maximum absolute atomic E-state index is 14.0. The molecule has 2 atom stereocenters. The molecule has 6 nitrogen and oxygen atoms in total. The van der Waals surface area contributed by atoms with E-state index in [1.54, 1.807) is 36.2 Å². The Labute approximate surface area is 205 Å². The second-order valence-electron chi connectivity index (χ2n) is 9.02. The normalized spacial score (nSPS) is 17.2. The summed E-state index contributed by atoms with van der Waals surface area (Å²) in [5.41, 5.74) is 9.73. The van der Waals surface area contributed by atoms with Gasteiger partial charge in [0.1, 0.15) is 5.82 Å². The zero-order chi connectivity index (χ0) is 24.8. The van der Waals surface area contributed by atoms with Crippen molar-refractivity contribution in [3.05, 3.63) is 101 Å². The Bertz CT molecular complexity index is 1180. The Balaban J connectivity index is 1.30. The van der Waals surface area contributed by atoms with Crippen LogP contribution in [0, 0.1) is 12.7 Å². The maximum Gasteiger partial charge on any atom is 0.258 e. The van der Waals surface area contributed by atoms with Crippen molar-refractivity contribution in [3.8, 4) is 0 Å². The van der Waals surface area contributed by atoms with E-state index in [-0.39, 0.29) is 11.5 Å². The van der Waals surface area contributed by atoms with Gasteiger partial charge in [0.05, 0.1) is 5.56 Å². The topological polar surface area (TPSA) is 73.5 Å². The lowest BCUT2D eigenvalue weighted by Crippen LogP contribution is -2.32. The number of rotatable bonds is 8. The Morgan fingerprint density at radius 1 is 1.03 bits per heavy atom. The summed E-state index contributed by atoms with van der Waals surface area (Å²) < 4.78 is 14.0. The van der Waals surface area contributed by atoms with Crippen LogP contribution in [0.25, 0.3) is 0 Å². The van der Waals surface area contributed by atoms with E-state index in [4.69, 9.17) is 0 Å². The number of halogens is 1. The number of nitrogens with zero attached hydrogens (tertiary/aromatic N) is 1. The number of hydrazine groups is 1. The van der Waals surface area contributed by atoms with Crippen molar-refractivity contribution in [2.75, 3.05) is 18.9 Å². The van der Waals surface area contributed by atoms with Crippen molar-refractivity contribution in [2.45, 2.75) is 38.3 Å². The number of nitrogens with one attached hydrogen (secondary N) is 3. The van der Waals surface area contributed by atoms with Gasteiger partial charge in [-0.15, -0.1) is 0 Å². The molecule has 35 heavy (non-hydrogen) atoms. The van der Waals surface area contributed by atoms with Crippen LogP contribution in [0.4, 0.5) is 10.1 Å². The third-order valence-corrected chi connectivity index (χ3v) is 6.43. The molecule has 4 rings (SSSR count). The summed E-state index contributed by atoms with van der Waals surface area (Å²) in [4.78, 5) is 27.2. The van der Waals surface area contributed by atoms with Gasteiger partial charge in [0.2, 0.25) is 0 Å². The van der Waals surface area contributed by atoms with Crippen LogP contribution < -0.4 is 16.2 Å². The molecule has 2 amide bonds. The molecule has 1 saturated heterocycles. The first-order valence-electron chi connectivity index (χ1n) is 11.9. The molecule has 0 bridgehead atoms. The number of aryl methyl sites for hydroxylation is 1. The van der Waals surface area contributed by atoms with Crippen LogP contribution in [-0.4, -0.2) is 36.3 Å². The second-order valence-corrected chi connectivity index (χ2v) is 9.02. The molecule has 3 aromatic rings. The first-order valence-corrected chi connectivity index (χ1v) is 11.9. The van der Waals surface area contributed by atoms with Crippen LogP contribution >= 0.6 is 0 Å². The molecule has 7 heteroatoms. The summed E-state index contributed by atoms with van der Waals surface area (Å²) in [6.45, 7) is 2.46. The summed E-state index contributed by atoms with van der Waals surface area (Å²) >= 11 is 0. The van der Waals surface area contributed by atoms with Crippen molar-refractivity contribution in [1.29, 1.82) is 0 Å². The van der Waals surface area contributed by atoms with Gasteiger partial charge >= 0.3 is 0 Å². The van der Waals surface area contributed by atoms with Crippen LogP contribution in [0.2, 0.25) is 0 Å². The summed E-state index contributed by atoms with van der Waals surface area (Å²) in [7, 11) is 1.78. The molecule has 3 N–H and O–H groups in total. The average Bonchev–Trinajstić information content (AvgIpc) is 3.34. The van der Waals surface area contributed by atoms with E-state index in [0.29, 0.717) is 29.9 Å². The van der Waals surface area contributed by atoms with E-state index in [1.807, 2.05) is 25.1 Å². The standard InChI is InChI=1S/C28H31FN4O2/c1-19-14-15-21(17-25(19)30-27(34)23-12-6-7-13-24(23)29)28(35)33(2)16-8-11-22-18-26(32-31-22)20-9-4-3-5-10-20/h3-7,9-10,12-15,17,22,26,31-32H,8,11,16,18H2,1-2H3,(H,30,34). The lowest BCUT2D eigenvalue weighted by Gasteiger charge is -2.19. The molecule has 1 fully saturated rings. The molecule has 1 heterocycles. The number of anilines is 1. The quantitative estimate of drug-likeness (QED) is 0.437. The molecule has 1 aliphatic rings. The first kappa shape index (κ1) is 24.6. The number of amides is 2. The highest BCUT2D eigenvalue weighted by Crippen LogP contribution is 2.24. The van der Waals surface area contributed by atoms with Gasteiger partial charge in [0, 0.05) is 36.9 Å². The third kappa shape index (κ3) is 6.12. The third-order valence-electron chi connectivity index (χ3n) is 6.43. The van der Waals surface area contributed by atoms with Crippen molar-refractivity contribution in [2.24, 2.45) is 0 Å². The van der Waals surface area contributed by atoms with Crippen LogP contribution in [0.15, 0.2) is 72.8 Å². The van der Waals surface area contributed by atoms with Crippen LogP contribution in [-0.2, 0) is 0 Å². The number of hydrogen-bond donors (Lipinski definition) is 3. The van der Waals surface area contributed by atoms with E-state index in [2.05, 4.69) is 28.3 Å². The highest BCUT2D eigenvalue weighted by atomic mass is 19.1. The number of carbonyl (C=O) groups excluding carboxylic acids is 2. The van der Waals surface area contributed by atoms with Gasteiger partial charge in [-0.3, -0.25) is 20.4 Å². The Kier molecular flexibility index (Phi) is 7.90. The monoisotopic (exact) mass is 474 g/mol. The summed E-state index contributed by atoms with van der Waals surface area (Å²) in [6, 6.07) is 22.0. The molecule has 0 aromatic heterocycles. The molecule has 0 saturated carbocycles. The fourth-order valence-electron chi connectivity index (χ4n) is 4.34. The average molecular weight is 475 g/mol. The predicted molar refractivity (Wildman–Crippen MR) is 136 cm³/mol. The minimum Gasteiger partial charge on any atom is -0.342 e. The van der Waals surface area contributed by atoms with E-state index < -0.39 is 11.7 Å². The SMILES string of the molecule is Cc1ccc(C(=O)N(C)CCCC2CC(c3ccccc3)NN2)cc1NC(=O)c1ccccc1F. The van der Waals surface area contributed by atoms with Gasteiger partial charge in [-0.2, -0.15) is 0 Å². The largest absolute Gasteiger partial charge is 0.342 e. The fourth-order valence-corrected chi connectivity index (χ4v) is 4.34.